The van der Waals surface area contributed by atoms with Crippen molar-refractivity contribution in [2.45, 2.75) is 90.3 Å². The number of nitrogens with zero attached hydrogens (tertiary/aromatic N) is 1. The molecule has 1 saturated carbocycles. The maximum atomic E-state index is 13.5. The average Bonchev–Trinajstić information content (AvgIpc) is 3.45. The number of para-hydroxylation sites is 1. The number of pyridine rings is 1. The van der Waals surface area contributed by atoms with Crippen LogP contribution in [-0.4, -0.2) is 42.0 Å². The van der Waals surface area contributed by atoms with Crippen molar-refractivity contribution < 1.29 is 33.3 Å². The maximum absolute atomic E-state index is 13.5. The Labute approximate surface area is 236 Å². The number of hydrogen-bond donors (Lipinski definition) is 0. The maximum Gasteiger partial charge on any atom is 0.309 e. The SMILES string of the molecule is COc1ccnc(C(=O)C[C@H]2CCCC[C@H](CC3CCCC3)[C@@H](Oc3ccccc3)[C@H](C)OC2=O)c1OC(C)=O. The van der Waals surface area contributed by atoms with E-state index in [0.29, 0.717) is 12.3 Å². The number of methoxy groups -OCH3 is 1. The summed E-state index contributed by atoms with van der Waals surface area (Å²) in [7, 11) is 1.42. The zero-order valence-corrected chi connectivity index (χ0v) is 23.8. The molecule has 0 bridgehead atoms. The topological polar surface area (TPSA) is 101 Å². The number of aromatic nitrogens is 1. The molecule has 40 heavy (non-hydrogen) atoms. The van der Waals surface area contributed by atoms with Gasteiger partial charge in [0.05, 0.1) is 13.0 Å². The van der Waals surface area contributed by atoms with Crippen molar-refractivity contribution >= 4 is 17.7 Å². The van der Waals surface area contributed by atoms with Crippen LogP contribution in [-0.2, 0) is 14.3 Å². The fraction of sp³-hybridized carbons (Fsp3) is 0.562. The van der Waals surface area contributed by atoms with Crippen LogP contribution >= 0.6 is 0 Å². The lowest BCUT2D eigenvalue weighted by atomic mass is 9.82. The van der Waals surface area contributed by atoms with Crippen LogP contribution in [0.3, 0.4) is 0 Å². The number of ether oxygens (including phenoxy) is 4. The monoisotopic (exact) mass is 551 g/mol. The number of hydrogen-bond acceptors (Lipinski definition) is 8. The van der Waals surface area contributed by atoms with E-state index in [4.69, 9.17) is 18.9 Å². The van der Waals surface area contributed by atoms with Crippen LogP contribution in [0.5, 0.6) is 17.2 Å². The van der Waals surface area contributed by atoms with Crippen LogP contribution in [0.4, 0.5) is 0 Å². The van der Waals surface area contributed by atoms with Crippen LogP contribution in [0.2, 0.25) is 0 Å². The van der Waals surface area contributed by atoms with Gasteiger partial charge in [-0.1, -0.05) is 56.7 Å². The Hall–Kier alpha value is -3.42. The molecule has 1 aliphatic heterocycles. The van der Waals surface area contributed by atoms with Crippen molar-refractivity contribution in [3.8, 4) is 17.2 Å². The van der Waals surface area contributed by atoms with Gasteiger partial charge < -0.3 is 18.9 Å². The minimum absolute atomic E-state index is 0.0322. The van der Waals surface area contributed by atoms with Crippen LogP contribution in [0, 0.1) is 17.8 Å². The first-order chi connectivity index (χ1) is 19.4. The molecule has 1 aromatic heterocycles. The second-order valence-electron chi connectivity index (χ2n) is 11.1. The minimum Gasteiger partial charge on any atom is -0.493 e. The Morgan fingerprint density at radius 3 is 2.40 bits per heavy atom. The molecule has 2 heterocycles. The summed E-state index contributed by atoms with van der Waals surface area (Å²) in [5, 5.41) is 0. The smallest absolute Gasteiger partial charge is 0.309 e. The molecule has 0 radical (unpaired) electrons. The second-order valence-corrected chi connectivity index (χ2v) is 11.1. The van der Waals surface area contributed by atoms with E-state index in [1.807, 2.05) is 37.3 Å². The first-order valence-corrected chi connectivity index (χ1v) is 14.5. The lowest BCUT2D eigenvalue weighted by Crippen LogP contribution is -2.42. The third-order valence-corrected chi connectivity index (χ3v) is 8.10. The summed E-state index contributed by atoms with van der Waals surface area (Å²) in [5.74, 6) is -0.140. The van der Waals surface area contributed by atoms with E-state index in [0.717, 1.165) is 31.4 Å². The highest BCUT2D eigenvalue weighted by molar-refractivity contribution is 6.00. The molecule has 4 rings (SSSR count). The fourth-order valence-electron chi connectivity index (χ4n) is 6.12. The van der Waals surface area contributed by atoms with Crippen molar-refractivity contribution in [1.82, 2.24) is 4.98 Å². The number of carbonyl (C=O) groups excluding carboxylic acids is 3. The number of cyclic esters (lactones) is 1. The molecular formula is C32H41NO7. The van der Waals surface area contributed by atoms with Crippen molar-refractivity contribution in [2.75, 3.05) is 7.11 Å². The molecule has 8 nitrogen and oxygen atoms in total. The lowest BCUT2D eigenvalue weighted by molar-refractivity contribution is -0.160. The van der Waals surface area contributed by atoms with Gasteiger partial charge in [0.15, 0.2) is 17.2 Å². The van der Waals surface area contributed by atoms with Gasteiger partial charge in [-0.3, -0.25) is 14.4 Å². The van der Waals surface area contributed by atoms with Gasteiger partial charge in [-0.25, -0.2) is 4.98 Å². The van der Waals surface area contributed by atoms with Gasteiger partial charge in [0.2, 0.25) is 5.75 Å². The highest BCUT2D eigenvalue weighted by atomic mass is 16.6. The zero-order chi connectivity index (χ0) is 28.5. The van der Waals surface area contributed by atoms with Crippen LogP contribution in [0.15, 0.2) is 42.6 Å². The summed E-state index contributed by atoms with van der Waals surface area (Å²) in [5.41, 5.74) is -0.0330. The molecule has 1 saturated heterocycles. The first kappa shape index (κ1) is 29.6. The molecule has 0 spiro atoms. The predicted molar refractivity (Wildman–Crippen MR) is 149 cm³/mol. The van der Waals surface area contributed by atoms with E-state index in [1.54, 1.807) is 0 Å². The summed E-state index contributed by atoms with van der Waals surface area (Å²) in [6.07, 6.45) is 9.93. The Morgan fingerprint density at radius 2 is 1.70 bits per heavy atom. The summed E-state index contributed by atoms with van der Waals surface area (Å²) in [6, 6.07) is 11.2. The van der Waals surface area contributed by atoms with Gasteiger partial charge in [-0.05, 0) is 50.2 Å². The van der Waals surface area contributed by atoms with Crippen molar-refractivity contribution in [2.24, 2.45) is 17.8 Å². The predicted octanol–water partition coefficient (Wildman–Crippen LogP) is 6.35. The molecular weight excluding hydrogens is 510 g/mol. The molecule has 0 unspecified atom stereocenters. The minimum atomic E-state index is -0.642. The molecule has 216 valence electrons. The number of ketones is 1. The van der Waals surface area contributed by atoms with Crippen molar-refractivity contribution in [1.29, 1.82) is 0 Å². The second kappa shape index (κ2) is 14.3. The Morgan fingerprint density at radius 1 is 1.00 bits per heavy atom. The number of esters is 2. The Kier molecular flexibility index (Phi) is 10.6. The normalized spacial score (nSPS) is 24.1. The molecule has 2 fully saturated rings. The largest absolute Gasteiger partial charge is 0.493 e. The van der Waals surface area contributed by atoms with Crippen LogP contribution in [0.1, 0.15) is 88.5 Å². The summed E-state index contributed by atoms with van der Waals surface area (Å²) in [6.45, 7) is 3.14. The number of benzene rings is 1. The van der Waals surface area contributed by atoms with E-state index in [-0.39, 0.29) is 35.6 Å². The Balaban J connectivity index is 1.52. The van der Waals surface area contributed by atoms with E-state index in [2.05, 4.69) is 4.98 Å². The molecule has 1 aliphatic carbocycles. The van der Waals surface area contributed by atoms with Gasteiger partial charge in [-0.15, -0.1) is 0 Å². The first-order valence-electron chi connectivity index (χ1n) is 14.5. The van der Waals surface area contributed by atoms with Crippen molar-refractivity contribution in [3.63, 3.8) is 0 Å². The third-order valence-electron chi connectivity index (χ3n) is 8.10. The summed E-state index contributed by atoms with van der Waals surface area (Å²) in [4.78, 5) is 42.7. The standard InChI is InChI=1S/C32H41NO7/c1-21-30(40-26-15-5-4-6-16-26)24(19-23-11-7-8-12-23)13-9-10-14-25(32(36)38-21)20-27(35)29-31(39-22(2)34)28(37-3)17-18-33-29/h4-6,15-18,21,23-25,30H,7-14,19-20H2,1-3H3/t21-,24+,25+,30-/m0/s1. The van der Waals surface area contributed by atoms with E-state index in [1.165, 1.54) is 52.0 Å². The highest BCUT2D eigenvalue weighted by Crippen LogP contribution is 2.37. The molecule has 2 aromatic rings. The molecule has 0 N–H and O–H groups in total. The quantitative estimate of drug-likeness (QED) is 0.262. The van der Waals surface area contributed by atoms with Crippen molar-refractivity contribution in [3.05, 3.63) is 48.3 Å². The summed E-state index contributed by atoms with van der Waals surface area (Å²) >= 11 is 0. The average molecular weight is 552 g/mol. The molecule has 0 amide bonds. The summed E-state index contributed by atoms with van der Waals surface area (Å²) < 4.78 is 23.1. The van der Waals surface area contributed by atoms with Crippen LogP contribution < -0.4 is 14.2 Å². The molecule has 8 heteroatoms. The number of rotatable bonds is 9. The third kappa shape index (κ3) is 7.83. The van der Waals surface area contributed by atoms with Crippen LogP contribution in [0.25, 0.3) is 0 Å². The number of Topliss-reactive ketones (excluding diaryl/α,β-unsaturated/α-hetero) is 1. The van der Waals surface area contributed by atoms with Gasteiger partial charge in [-0.2, -0.15) is 0 Å². The molecule has 4 atom stereocenters. The van der Waals surface area contributed by atoms with E-state index in [9.17, 15) is 14.4 Å². The Bertz CT molecular complexity index is 1150. The molecule has 2 aliphatic rings. The number of carbonyl (C=O) groups is 3. The highest BCUT2D eigenvalue weighted by Gasteiger charge is 2.37. The van der Waals surface area contributed by atoms with E-state index >= 15 is 0 Å². The lowest BCUT2D eigenvalue weighted by Gasteiger charge is -2.35. The zero-order valence-electron chi connectivity index (χ0n) is 23.8. The van der Waals surface area contributed by atoms with E-state index < -0.39 is 29.7 Å². The molecule has 1 aromatic carbocycles. The van der Waals surface area contributed by atoms with Gasteiger partial charge in [0, 0.05) is 25.6 Å². The van der Waals surface area contributed by atoms with Gasteiger partial charge in [0.25, 0.3) is 0 Å². The fourth-order valence-corrected chi connectivity index (χ4v) is 6.12. The van der Waals surface area contributed by atoms with Gasteiger partial charge >= 0.3 is 11.9 Å². The van der Waals surface area contributed by atoms with Gasteiger partial charge in [0.1, 0.15) is 18.0 Å².